The minimum absolute atomic E-state index is 0.135. The molecule has 1 aromatic heterocycles. The van der Waals surface area contributed by atoms with E-state index in [1.165, 1.54) is 0 Å². The molecule has 3 aromatic rings. The second kappa shape index (κ2) is 7.54. The van der Waals surface area contributed by atoms with Crippen molar-refractivity contribution < 1.29 is 13.9 Å². The fourth-order valence-electron chi connectivity index (χ4n) is 3.59. The summed E-state index contributed by atoms with van der Waals surface area (Å²) in [5.74, 6) is 0. The standard InChI is InChI=1S/C21H20BrNO3/c22-20-18(17-10-4-5-11-19(17)26-20)13-16-9-6-12-23(16)21(24)25-14-15-7-2-1-3-8-15/h1-5,7-8,10-11,16H,6,9,12-14H2/t16-/m0/s1. The maximum atomic E-state index is 12.6. The molecule has 4 nitrogen and oxygen atoms in total. The van der Waals surface area contributed by atoms with Gasteiger partial charge in [0.2, 0.25) is 0 Å². The molecular formula is C21H20BrNO3. The zero-order valence-corrected chi connectivity index (χ0v) is 15.9. The van der Waals surface area contributed by atoms with E-state index in [-0.39, 0.29) is 12.1 Å². The normalized spacial score (nSPS) is 17.0. The van der Waals surface area contributed by atoms with E-state index >= 15 is 0 Å². The van der Waals surface area contributed by atoms with Crippen LogP contribution in [0.15, 0.2) is 63.7 Å². The molecule has 0 aliphatic carbocycles. The van der Waals surface area contributed by atoms with E-state index in [4.69, 9.17) is 9.15 Å². The molecule has 134 valence electrons. The number of likely N-dealkylation sites (tertiary alicyclic amines) is 1. The molecule has 0 saturated carbocycles. The molecule has 4 rings (SSSR count). The first kappa shape index (κ1) is 17.2. The topological polar surface area (TPSA) is 42.7 Å². The first-order valence-corrected chi connectivity index (χ1v) is 9.65. The molecule has 1 saturated heterocycles. The van der Waals surface area contributed by atoms with Crippen molar-refractivity contribution in [2.45, 2.75) is 31.9 Å². The van der Waals surface area contributed by atoms with Crippen LogP contribution in [0.3, 0.4) is 0 Å². The highest BCUT2D eigenvalue weighted by Gasteiger charge is 2.31. The van der Waals surface area contributed by atoms with Gasteiger partial charge in [-0.2, -0.15) is 0 Å². The third-order valence-corrected chi connectivity index (χ3v) is 5.55. The Morgan fingerprint density at radius 1 is 1.15 bits per heavy atom. The van der Waals surface area contributed by atoms with Gasteiger partial charge in [-0.3, -0.25) is 0 Å². The number of ether oxygens (including phenoxy) is 1. The fourth-order valence-corrected chi connectivity index (χ4v) is 4.14. The molecule has 1 fully saturated rings. The summed E-state index contributed by atoms with van der Waals surface area (Å²) in [4.78, 5) is 14.4. The molecule has 1 atom stereocenters. The summed E-state index contributed by atoms with van der Waals surface area (Å²) in [6.45, 7) is 1.05. The summed E-state index contributed by atoms with van der Waals surface area (Å²) in [6, 6.07) is 17.9. The zero-order valence-electron chi connectivity index (χ0n) is 14.4. The van der Waals surface area contributed by atoms with Gasteiger partial charge in [-0.05, 0) is 46.8 Å². The smallest absolute Gasteiger partial charge is 0.410 e. The first-order valence-electron chi connectivity index (χ1n) is 8.85. The van der Waals surface area contributed by atoms with Crippen molar-refractivity contribution in [1.29, 1.82) is 0 Å². The molecule has 26 heavy (non-hydrogen) atoms. The van der Waals surface area contributed by atoms with E-state index in [1.807, 2.05) is 53.4 Å². The molecule has 0 radical (unpaired) electrons. The molecule has 1 amide bonds. The highest BCUT2D eigenvalue weighted by molar-refractivity contribution is 9.10. The second-order valence-corrected chi connectivity index (χ2v) is 7.30. The van der Waals surface area contributed by atoms with Crippen LogP contribution in [0.25, 0.3) is 11.0 Å². The fraction of sp³-hybridized carbons (Fsp3) is 0.286. The lowest BCUT2D eigenvalue weighted by molar-refractivity contribution is 0.0921. The Kier molecular flexibility index (Phi) is 4.98. The van der Waals surface area contributed by atoms with Crippen LogP contribution < -0.4 is 0 Å². The summed E-state index contributed by atoms with van der Waals surface area (Å²) < 4.78 is 12.1. The number of amides is 1. The van der Waals surface area contributed by atoms with Crippen molar-refractivity contribution in [2.75, 3.05) is 6.54 Å². The maximum absolute atomic E-state index is 12.6. The third-order valence-electron chi connectivity index (χ3n) is 4.91. The predicted octanol–water partition coefficient (Wildman–Crippen LogP) is 5.54. The Balaban J connectivity index is 1.46. The number of para-hydroxylation sites is 1. The Labute approximate surface area is 160 Å². The molecule has 1 aliphatic heterocycles. The molecule has 2 heterocycles. The lowest BCUT2D eigenvalue weighted by Crippen LogP contribution is -2.37. The van der Waals surface area contributed by atoms with E-state index in [9.17, 15) is 4.79 Å². The van der Waals surface area contributed by atoms with Gasteiger partial charge in [-0.1, -0.05) is 48.5 Å². The van der Waals surface area contributed by atoms with Gasteiger partial charge in [0.05, 0.1) is 0 Å². The minimum Gasteiger partial charge on any atom is -0.449 e. The number of carbonyl (C=O) groups is 1. The van der Waals surface area contributed by atoms with E-state index < -0.39 is 0 Å². The van der Waals surface area contributed by atoms with Crippen LogP contribution in [-0.2, 0) is 17.8 Å². The monoisotopic (exact) mass is 413 g/mol. The van der Waals surface area contributed by atoms with Crippen molar-refractivity contribution in [3.63, 3.8) is 0 Å². The SMILES string of the molecule is O=C(OCc1ccccc1)N1CCC[C@H]1Cc1c(Br)oc2ccccc12. The van der Waals surface area contributed by atoms with Crippen LogP contribution in [0, 0.1) is 0 Å². The summed E-state index contributed by atoms with van der Waals surface area (Å²) in [5, 5.41) is 1.10. The highest BCUT2D eigenvalue weighted by atomic mass is 79.9. The van der Waals surface area contributed by atoms with Crippen LogP contribution >= 0.6 is 15.9 Å². The molecule has 0 bridgehead atoms. The van der Waals surface area contributed by atoms with Gasteiger partial charge in [0, 0.05) is 23.5 Å². The van der Waals surface area contributed by atoms with Crippen LogP contribution in [0.2, 0.25) is 0 Å². The number of halogens is 1. The van der Waals surface area contributed by atoms with Gasteiger partial charge in [0.1, 0.15) is 12.2 Å². The van der Waals surface area contributed by atoms with E-state index in [0.29, 0.717) is 6.61 Å². The molecule has 0 unspecified atom stereocenters. The van der Waals surface area contributed by atoms with Gasteiger partial charge in [0.25, 0.3) is 0 Å². The van der Waals surface area contributed by atoms with Gasteiger partial charge in [0.15, 0.2) is 4.67 Å². The zero-order chi connectivity index (χ0) is 17.9. The number of benzene rings is 2. The van der Waals surface area contributed by atoms with Crippen LogP contribution in [0.1, 0.15) is 24.0 Å². The maximum Gasteiger partial charge on any atom is 0.410 e. The molecule has 1 aliphatic rings. The number of carbonyl (C=O) groups excluding carboxylic acids is 1. The van der Waals surface area contributed by atoms with E-state index in [0.717, 1.165) is 52.6 Å². The van der Waals surface area contributed by atoms with E-state index in [2.05, 4.69) is 22.0 Å². The average Bonchev–Trinajstić information content (AvgIpc) is 3.26. The first-order chi connectivity index (χ1) is 12.7. The largest absolute Gasteiger partial charge is 0.449 e. The third kappa shape index (κ3) is 3.49. The number of hydrogen-bond donors (Lipinski definition) is 0. The second-order valence-electron chi connectivity index (χ2n) is 6.58. The van der Waals surface area contributed by atoms with Gasteiger partial charge in [-0.15, -0.1) is 0 Å². The highest BCUT2D eigenvalue weighted by Crippen LogP contribution is 2.33. The molecule has 0 spiro atoms. The van der Waals surface area contributed by atoms with Crippen LogP contribution in [0.4, 0.5) is 4.79 Å². The number of fused-ring (bicyclic) bond motifs is 1. The van der Waals surface area contributed by atoms with Gasteiger partial charge in [-0.25, -0.2) is 4.79 Å². The molecule has 2 aromatic carbocycles. The number of rotatable bonds is 4. The molecule has 0 N–H and O–H groups in total. The lowest BCUT2D eigenvalue weighted by atomic mass is 10.0. The minimum atomic E-state index is -0.236. The van der Waals surface area contributed by atoms with Crippen molar-refractivity contribution in [3.05, 3.63) is 70.4 Å². The van der Waals surface area contributed by atoms with Crippen LogP contribution in [0.5, 0.6) is 0 Å². The molecular weight excluding hydrogens is 394 g/mol. The van der Waals surface area contributed by atoms with Gasteiger partial charge < -0.3 is 14.1 Å². The Hall–Kier alpha value is -2.27. The summed E-state index contributed by atoms with van der Waals surface area (Å²) >= 11 is 3.53. The van der Waals surface area contributed by atoms with Crippen molar-refractivity contribution in [3.8, 4) is 0 Å². The summed E-state index contributed by atoms with van der Waals surface area (Å²) in [5.41, 5.74) is 2.99. The number of nitrogens with zero attached hydrogens (tertiary/aromatic N) is 1. The Morgan fingerprint density at radius 3 is 2.77 bits per heavy atom. The van der Waals surface area contributed by atoms with E-state index in [1.54, 1.807) is 0 Å². The van der Waals surface area contributed by atoms with Crippen LogP contribution in [-0.4, -0.2) is 23.6 Å². The number of hydrogen-bond acceptors (Lipinski definition) is 3. The lowest BCUT2D eigenvalue weighted by Gasteiger charge is -2.24. The molecule has 5 heteroatoms. The average molecular weight is 414 g/mol. The predicted molar refractivity (Wildman–Crippen MR) is 104 cm³/mol. The summed E-state index contributed by atoms with van der Waals surface area (Å²) in [6.07, 6.45) is 2.50. The summed E-state index contributed by atoms with van der Waals surface area (Å²) in [7, 11) is 0. The Bertz CT molecular complexity index is 906. The van der Waals surface area contributed by atoms with Crippen molar-refractivity contribution in [1.82, 2.24) is 4.90 Å². The quantitative estimate of drug-likeness (QED) is 0.563. The van der Waals surface area contributed by atoms with Gasteiger partial charge >= 0.3 is 6.09 Å². The van der Waals surface area contributed by atoms with Crippen molar-refractivity contribution in [2.24, 2.45) is 0 Å². The Morgan fingerprint density at radius 2 is 1.92 bits per heavy atom. The number of furan rings is 1. The van der Waals surface area contributed by atoms with Crippen molar-refractivity contribution >= 4 is 33.0 Å².